The minimum atomic E-state index is -1.05. The standard InChI is InChI=1S/C18H27N3O5/c1-18(2,3)26-17(25)21-14(8-9-15(22)23)16(24)20-11-10-12-4-6-13(19)7-5-12/h4-7,14H,8-11,19H2,1-3H3,(H,20,24)(H,21,25)(H,22,23). The summed E-state index contributed by atoms with van der Waals surface area (Å²) in [4.78, 5) is 35.0. The highest BCUT2D eigenvalue weighted by atomic mass is 16.6. The summed E-state index contributed by atoms with van der Waals surface area (Å²) in [5.74, 6) is -1.50. The third-order valence-electron chi connectivity index (χ3n) is 3.35. The van der Waals surface area contributed by atoms with Crippen molar-refractivity contribution in [3.63, 3.8) is 0 Å². The van der Waals surface area contributed by atoms with E-state index in [9.17, 15) is 14.4 Å². The van der Waals surface area contributed by atoms with Crippen LogP contribution in [0.25, 0.3) is 0 Å². The van der Waals surface area contributed by atoms with Crippen molar-refractivity contribution in [1.82, 2.24) is 10.6 Å². The lowest BCUT2D eigenvalue weighted by molar-refractivity contribution is -0.137. The molecule has 0 bridgehead atoms. The fourth-order valence-corrected chi connectivity index (χ4v) is 2.12. The number of carboxylic acids is 1. The van der Waals surface area contributed by atoms with Gasteiger partial charge in [0.05, 0.1) is 0 Å². The molecule has 0 saturated carbocycles. The van der Waals surface area contributed by atoms with Crippen molar-refractivity contribution >= 4 is 23.7 Å². The zero-order valence-electron chi connectivity index (χ0n) is 15.4. The summed E-state index contributed by atoms with van der Waals surface area (Å²) in [6.45, 7) is 5.45. The lowest BCUT2D eigenvalue weighted by Crippen LogP contribution is -2.48. The number of hydrogen-bond acceptors (Lipinski definition) is 5. The van der Waals surface area contributed by atoms with Gasteiger partial charge < -0.3 is 26.2 Å². The Morgan fingerprint density at radius 3 is 2.35 bits per heavy atom. The molecule has 0 aliphatic carbocycles. The van der Waals surface area contributed by atoms with E-state index in [1.807, 2.05) is 12.1 Å². The van der Waals surface area contributed by atoms with E-state index in [0.29, 0.717) is 18.7 Å². The van der Waals surface area contributed by atoms with Crippen molar-refractivity contribution in [1.29, 1.82) is 0 Å². The van der Waals surface area contributed by atoms with Crippen LogP contribution in [0.1, 0.15) is 39.2 Å². The second-order valence-electron chi connectivity index (χ2n) is 6.91. The van der Waals surface area contributed by atoms with Gasteiger partial charge in [-0.05, 0) is 51.3 Å². The van der Waals surface area contributed by atoms with Gasteiger partial charge in [0, 0.05) is 18.7 Å². The molecule has 0 aromatic heterocycles. The lowest BCUT2D eigenvalue weighted by Gasteiger charge is -2.23. The zero-order chi connectivity index (χ0) is 19.7. The van der Waals surface area contributed by atoms with Crippen molar-refractivity contribution in [2.75, 3.05) is 12.3 Å². The van der Waals surface area contributed by atoms with Gasteiger partial charge in [-0.15, -0.1) is 0 Å². The SMILES string of the molecule is CC(C)(C)OC(=O)NC(CCC(=O)O)C(=O)NCCc1ccc(N)cc1. The van der Waals surface area contributed by atoms with E-state index in [0.717, 1.165) is 5.56 Å². The summed E-state index contributed by atoms with van der Waals surface area (Å²) < 4.78 is 5.12. The summed E-state index contributed by atoms with van der Waals surface area (Å²) in [5.41, 5.74) is 6.57. The van der Waals surface area contributed by atoms with Crippen LogP contribution in [0.4, 0.5) is 10.5 Å². The normalized spacial score (nSPS) is 12.1. The number of nitrogens with two attached hydrogens (primary N) is 1. The van der Waals surface area contributed by atoms with Crippen LogP contribution in [0.5, 0.6) is 0 Å². The first-order chi connectivity index (χ1) is 12.1. The van der Waals surface area contributed by atoms with Crippen LogP contribution in [-0.2, 0) is 20.7 Å². The number of aliphatic carboxylic acids is 1. The molecule has 8 heteroatoms. The van der Waals surface area contributed by atoms with E-state index in [-0.39, 0.29) is 12.8 Å². The number of hydrogen-bond donors (Lipinski definition) is 4. The van der Waals surface area contributed by atoms with Gasteiger partial charge in [-0.2, -0.15) is 0 Å². The molecule has 0 saturated heterocycles. The molecule has 0 aliphatic heterocycles. The second kappa shape index (κ2) is 9.65. The number of nitrogens with one attached hydrogen (secondary N) is 2. The zero-order valence-corrected chi connectivity index (χ0v) is 15.4. The molecule has 0 radical (unpaired) electrons. The number of amides is 2. The first kappa shape index (κ1) is 21.3. The minimum absolute atomic E-state index is 0.0255. The van der Waals surface area contributed by atoms with Crippen LogP contribution in [-0.4, -0.2) is 41.3 Å². The van der Waals surface area contributed by atoms with Gasteiger partial charge in [-0.3, -0.25) is 9.59 Å². The largest absolute Gasteiger partial charge is 0.481 e. The van der Waals surface area contributed by atoms with Gasteiger partial charge in [-0.1, -0.05) is 12.1 Å². The summed E-state index contributed by atoms with van der Waals surface area (Å²) >= 11 is 0. The molecule has 0 spiro atoms. The van der Waals surface area contributed by atoms with E-state index in [4.69, 9.17) is 15.6 Å². The van der Waals surface area contributed by atoms with E-state index < -0.39 is 29.6 Å². The molecule has 0 fully saturated rings. The maximum atomic E-state index is 12.3. The van der Waals surface area contributed by atoms with E-state index in [2.05, 4.69) is 10.6 Å². The van der Waals surface area contributed by atoms with Crippen LogP contribution >= 0.6 is 0 Å². The molecule has 144 valence electrons. The van der Waals surface area contributed by atoms with Gasteiger partial charge in [0.15, 0.2) is 0 Å². The molecule has 1 atom stereocenters. The third-order valence-corrected chi connectivity index (χ3v) is 3.35. The van der Waals surface area contributed by atoms with Crippen molar-refractivity contribution in [3.8, 4) is 0 Å². The lowest BCUT2D eigenvalue weighted by atomic mass is 10.1. The maximum Gasteiger partial charge on any atom is 0.408 e. The second-order valence-corrected chi connectivity index (χ2v) is 6.91. The molecular weight excluding hydrogens is 338 g/mol. The Hall–Kier alpha value is -2.77. The fourth-order valence-electron chi connectivity index (χ4n) is 2.12. The highest BCUT2D eigenvalue weighted by Gasteiger charge is 2.24. The maximum absolute atomic E-state index is 12.3. The molecule has 1 aromatic rings. The third kappa shape index (κ3) is 8.91. The number of ether oxygens (including phenoxy) is 1. The molecule has 1 unspecified atom stereocenters. The monoisotopic (exact) mass is 365 g/mol. The van der Waals surface area contributed by atoms with Crippen LogP contribution < -0.4 is 16.4 Å². The van der Waals surface area contributed by atoms with Gasteiger partial charge in [-0.25, -0.2) is 4.79 Å². The number of nitrogen functional groups attached to an aromatic ring is 1. The Morgan fingerprint density at radius 1 is 1.19 bits per heavy atom. The molecule has 2 amide bonds. The quantitative estimate of drug-likeness (QED) is 0.519. The Bertz CT molecular complexity index is 623. The van der Waals surface area contributed by atoms with Gasteiger partial charge in [0.1, 0.15) is 11.6 Å². The van der Waals surface area contributed by atoms with Crippen LogP contribution in [0.2, 0.25) is 0 Å². The van der Waals surface area contributed by atoms with E-state index >= 15 is 0 Å². The fraction of sp³-hybridized carbons (Fsp3) is 0.500. The summed E-state index contributed by atoms with van der Waals surface area (Å²) in [5, 5.41) is 14.0. The number of carboxylic acid groups (broad SMARTS) is 1. The van der Waals surface area contributed by atoms with Crippen LogP contribution in [0.3, 0.4) is 0 Å². The average Bonchev–Trinajstić information content (AvgIpc) is 2.51. The van der Waals surface area contributed by atoms with E-state index in [1.54, 1.807) is 32.9 Å². The van der Waals surface area contributed by atoms with Gasteiger partial charge in [0.25, 0.3) is 0 Å². The summed E-state index contributed by atoms with van der Waals surface area (Å²) in [6, 6.07) is 6.30. The Balaban J connectivity index is 2.57. The summed E-state index contributed by atoms with van der Waals surface area (Å²) in [7, 11) is 0. The molecule has 5 N–H and O–H groups in total. The Labute approximate surface area is 153 Å². The highest BCUT2D eigenvalue weighted by Crippen LogP contribution is 2.08. The van der Waals surface area contributed by atoms with Crippen LogP contribution in [0, 0.1) is 0 Å². The number of rotatable bonds is 8. The number of carbonyl (C=O) groups excluding carboxylic acids is 2. The van der Waals surface area contributed by atoms with Gasteiger partial charge in [0.2, 0.25) is 5.91 Å². The van der Waals surface area contributed by atoms with Crippen molar-refractivity contribution in [3.05, 3.63) is 29.8 Å². The molecule has 8 nitrogen and oxygen atoms in total. The Kier molecular flexibility index (Phi) is 7.89. The molecule has 26 heavy (non-hydrogen) atoms. The molecule has 1 rings (SSSR count). The van der Waals surface area contributed by atoms with Crippen molar-refractivity contribution < 1.29 is 24.2 Å². The Morgan fingerprint density at radius 2 is 1.81 bits per heavy atom. The first-order valence-corrected chi connectivity index (χ1v) is 8.40. The topological polar surface area (TPSA) is 131 Å². The van der Waals surface area contributed by atoms with Crippen LogP contribution in [0.15, 0.2) is 24.3 Å². The highest BCUT2D eigenvalue weighted by molar-refractivity contribution is 5.86. The average molecular weight is 365 g/mol. The first-order valence-electron chi connectivity index (χ1n) is 8.40. The molecule has 0 aliphatic rings. The smallest absolute Gasteiger partial charge is 0.408 e. The van der Waals surface area contributed by atoms with Crippen molar-refractivity contribution in [2.24, 2.45) is 0 Å². The van der Waals surface area contributed by atoms with Crippen molar-refractivity contribution in [2.45, 2.75) is 51.7 Å². The predicted molar refractivity (Wildman–Crippen MR) is 97.6 cm³/mol. The number of anilines is 1. The molecule has 0 heterocycles. The van der Waals surface area contributed by atoms with Gasteiger partial charge >= 0.3 is 12.1 Å². The molecule has 1 aromatic carbocycles. The number of alkyl carbamates (subject to hydrolysis) is 1. The molecular formula is C18H27N3O5. The summed E-state index contributed by atoms with van der Waals surface area (Å²) in [6.07, 6.45) is -0.445. The number of carbonyl (C=O) groups is 3. The number of benzene rings is 1. The predicted octanol–water partition coefficient (Wildman–Crippen LogP) is 1.69. The van der Waals surface area contributed by atoms with E-state index in [1.165, 1.54) is 0 Å². The minimum Gasteiger partial charge on any atom is -0.481 e.